The minimum Gasteiger partial charge on any atom is -0.462 e. The third kappa shape index (κ3) is 3.30. The Morgan fingerprint density at radius 2 is 2.12 bits per heavy atom. The van der Waals surface area contributed by atoms with Crippen molar-refractivity contribution in [3.05, 3.63) is 29.3 Å². The average molecular weight is 300 g/mol. The number of hydrogen-bond acceptors (Lipinski definition) is 4. The Bertz CT molecular complexity index is 445. The Morgan fingerprint density at radius 3 is 2.59 bits per heavy atom. The predicted octanol–water partition coefficient (Wildman–Crippen LogP) is 2.47. The van der Waals surface area contributed by atoms with Crippen LogP contribution in [0.1, 0.15) is 34.6 Å². The van der Waals surface area contributed by atoms with Gasteiger partial charge in [0.05, 0.1) is 17.0 Å². The highest BCUT2D eigenvalue weighted by atomic mass is 79.9. The number of esters is 1. The lowest BCUT2D eigenvalue weighted by molar-refractivity contribution is -0.116. The van der Waals surface area contributed by atoms with Crippen LogP contribution in [0.2, 0.25) is 0 Å². The van der Waals surface area contributed by atoms with Gasteiger partial charge in [0, 0.05) is 5.69 Å². The molecule has 0 aliphatic rings. The summed E-state index contributed by atoms with van der Waals surface area (Å²) < 4.78 is 4.86. The number of alkyl halides is 1. The van der Waals surface area contributed by atoms with Crippen molar-refractivity contribution in [2.45, 2.75) is 18.7 Å². The zero-order valence-corrected chi connectivity index (χ0v) is 11.3. The van der Waals surface area contributed by atoms with Gasteiger partial charge in [0.15, 0.2) is 0 Å². The van der Waals surface area contributed by atoms with Crippen molar-refractivity contribution in [2.24, 2.45) is 0 Å². The molecule has 5 heteroatoms. The van der Waals surface area contributed by atoms with Crippen LogP contribution in [-0.4, -0.2) is 18.4 Å². The largest absolute Gasteiger partial charge is 0.462 e. The number of Topliss-reactive ketones (excluding diaryl/α,β-unsaturated/α-hetero) is 1. The van der Waals surface area contributed by atoms with E-state index in [1.54, 1.807) is 19.1 Å². The van der Waals surface area contributed by atoms with Crippen LogP contribution in [0.4, 0.5) is 5.69 Å². The van der Waals surface area contributed by atoms with Crippen LogP contribution in [0, 0.1) is 0 Å². The maximum absolute atomic E-state index is 11.5. The summed E-state index contributed by atoms with van der Waals surface area (Å²) in [6, 6.07) is 4.77. The van der Waals surface area contributed by atoms with Gasteiger partial charge in [-0.25, -0.2) is 4.79 Å². The highest BCUT2D eigenvalue weighted by molar-refractivity contribution is 9.09. The van der Waals surface area contributed by atoms with Crippen molar-refractivity contribution in [1.29, 1.82) is 0 Å². The second-order valence-electron chi connectivity index (χ2n) is 3.54. The van der Waals surface area contributed by atoms with E-state index in [0.29, 0.717) is 23.4 Å². The van der Waals surface area contributed by atoms with Gasteiger partial charge in [0.2, 0.25) is 0 Å². The van der Waals surface area contributed by atoms with Crippen molar-refractivity contribution in [2.75, 3.05) is 12.3 Å². The summed E-state index contributed by atoms with van der Waals surface area (Å²) in [6.45, 7) is 3.52. The van der Waals surface area contributed by atoms with E-state index < -0.39 is 10.8 Å². The third-order valence-electron chi connectivity index (χ3n) is 2.23. The molecule has 0 aliphatic carbocycles. The minimum atomic E-state index is -0.446. The molecule has 0 amide bonds. The Labute approximate surface area is 108 Å². The lowest BCUT2D eigenvalue weighted by Gasteiger charge is -2.11. The molecule has 0 fully saturated rings. The quantitative estimate of drug-likeness (QED) is 0.527. The van der Waals surface area contributed by atoms with Gasteiger partial charge < -0.3 is 10.5 Å². The fraction of sp³-hybridized carbons (Fsp3) is 0.333. The number of nitrogen functional groups attached to an aromatic ring is 1. The first-order valence-corrected chi connectivity index (χ1v) is 6.10. The number of ether oxygens (including phenoxy) is 1. The van der Waals surface area contributed by atoms with E-state index in [2.05, 4.69) is 15.9 Å². The number of rotatable bonds is 4. The van der Waals surface area contributed by atoms with Crippen LogP contribution >= 0.6 is 15.9 Å². The zero-order valence-electron chi connectivity index (χ0n) is 9.70. The molecule has 0 saturated carbocycles. The fourth-order valence-electron chi connectivity index (χ4n) is 1.37. The first-order chi connectivity index (χ1) is 7.97. The molecule has 17 heavy (non-hydrogen) atoms. The van der Waals surface area contributed by atoms with E-state index in [1.807, 2.05) is 0 Å². The second kappa shape index (κ2) is 5.82. The lowest BCUT2D eigenvalue weighted by atomic mass is 10.0. The zero-order chi connectivity index (χ0) is 13.0. The smallest absolute Gasteiger partial charge is 0.338 e. The predicted molar refractivity (Wildman–Crippen MR) is 69.2 cm³/mol. The maximum atomic E-state index is 11.5. The van der Waals surface area contributed by atoms with Gasteiger partial charge in [-0.1, -0.05) is 22.0 Å². The van der Waals surface area contributed by atoms with Crippen LogP contribution in [0.15, 0.2) is 18.2 Å². The molecule has 0 aliphatic heterocycles. The fourth-order valence-corrected chi connectivity index (χ4v) is 1.78. The molecule has 0 bridgehead atoms. The van der Waals surface area contributed by atoms with Gasteiger partial charge in [-0.15, -0.1) is 0 Å². The molecule has 2 N–H and O–H groups in total. The molecule has 4 nitrogen and oxygen atoms in total. The summed E-state index contributed by atoms with van der Waals surface area (Å²) in [7, 11) is 0. The van der Waals surface area contributed by atoms with E-state index in [-0.39, 0.29) is 5.78 Å². The van der Waals surface area contributed by atoms with Crippen LogP contribution in [0.3, 0.4) is 0 Å². The second-order valence-corrected chi connectivity index (χ2v) is 4.45. The standard InChI is InChI=1S/C12H14BrNO3/c1-3-17-12(16)8-4-5-9(10(14)6-8)11(13)7(2)15/h4-6,11H,3,14H2,1-2H3. The summed E-state index contributed by atoms with van der Waals surface area (Å²) in [5.74, 6) is -0.458. The van der Waals surface area contributed by atoms with Gasteiger partial charge in [-0.05, 0) is 31.5 Å². The average Bonchev–Trinajstić information content (AvgIpc) is 2.28. The van der Waals surface area contributed by atoms with Gasteiger partial charge in [0.25, 0.3) is 0 Å². The topological polar surface area (TPSA) is 69.4 Å². The third-order valence-corrected chi connectivity index (χ3v) is 3.37. The number of ketones is 1. The highest BCUT2D eigenvalue weighted by Gasteiger charge is 2.17. The molecule has 0 aromatic heterocycles. The summed E-state index contributed by atoms with van der Waals surface area (Å²) >= 11 is 3.25. The minimum absolute atomic E-state index is 0.0411. The van der Waals surface area contributed by atoms with Crippen molar-refractivity contribution in [3.8, 4) is 0 Å². The van der Waals surface area contributed by atoms with Gasteiger partial charge in [-0.2, -0.15) is 0 Å². The van der Waals surface area contributed by atoms with E-state index in [1.165, 1.54) is 13.0 Å². The number of anilines is 1. The molecule has 1 unspecified atom stereocenters. The van der Waals surface area contributed by atoms with Crippen molar-refractivity contribution in [1.82, 2.24) is 0 Å². The van der Waals surface area contributed by atoms with Crippen molar-refractivity contribution in [3.63, 3.8) is 0 Å². The van der Waals surface area contributed by atoms with Gasteiger partial charge in [0.1, 0.15) is 5.78 Å². The summed E-state index contributed by atoms with van der Waals surface area (Å²) in [6.07, 6.45) is 0. The molecule has 0 heterocycles. The Morgan fingerprint density at radius 1 is 1.47 bits per heavy atom. The molecule has 0 radical (unpaired) electrons. The van der Waals surface area contributed by atoms with Crippen LogP contribution in [0.25, 0.3) is 0 Å². The number of benzene rings is 1. The molecule has 1 rings (SSSR count). The number of halogens is 1. The van der Waals surface area contributed by atoms with Gasteiger partial charge in [-0.3, -0.25) is 4.79 Å². The number of carbonyl (C=O) groups is 2. The molecule has 1 aromatic rings. The Balaban J connectivity index is 3.01. The summed E-state index contributed by atoms with van der Waals surface area (Å²) in [4.78, 5) is 22.2. The van der Waals surface area contributed by atoms with Crippen LogP contribution in [0.5, 0.6) is 0 Å². The molecule has 1 atom stereocenters. The van der Waals surface area contributed by atoms with E-state index in [0.717, 1.165) is 0 Å². The van der Waals surface area contributed by atoms with E-state index >= 15 is 0 Å². The summed E-state index contributed by atoms with van der Waals surface area (Å²) in [5.41, 5.74) is 7.24. The van der Waals surface area contributed by atoms with E-state index in [4.69, 9.17) is 10.5 Å². The summed E-state index contributed by atoms with van der Waals surface area (Å²) in [5, 5.41) is 0. The maximum Gasteiger partial charge on any atom is 0.338 e. The first kappa shape index (κ1) is 13.7. The number of hydrogen-bond donors (Lipinski definition) is 1. The van der Waals surface area contributed by atoms with Gasteiger partial charge >= 0.3 is 5.97 Å². The number of carbonyl (C=O) groups excluding carboxylic acids is 2. The molecular weight excluding hydrogens is 286 g/mol. The molecule has 0 spiro atoms. The Kier molecular flexibility index (Phi) is 4.69. The van der Waals surface area contributed by atoms with Crippen LogP contribution in [-0.2, 0) is 9.53 Å². The molecule has 1 aromatic carbocycles. The van der Waals surface area contributed by atoms with Crippen molar-refractivity contribution < 1.29 is 14.3 Å². The number of nitrogens with two attached hydrogens (primary N) is 1. The normalized spacial score (nSPS) is 11.9. The molecule has 92 valence electrons. The Hall–Kier alpha value is -1.36. The first-order valence-electron chi connectivity index (χ1n) is 5.18. The van der Waals surface area contributed by atoms with E-state index in [9.17, 15) is 9.59 Å². The lowest BCUT2D eigenvalue weighted by Crippen LogP contribution is -2.08. The highest BCUT2D eigenvalue weighted by Crippen LogP contribution is 2.29. The van der Waals surface area contributed by atoms with Crippen LogP contribution < -0.4 is 5.73 Å². The molecular formula is C12H14BrNO3. The van der Waals surface area contributed by atoms with Crippen molar-refractivity contribution >= 4 is 33.4 Å². The monoisotopic (exact) mass is 299 g/mol. The SMILES string of the molecule is CCOC(=O)c1ccc(C(Br)C(C)=O)c(N)c1. The molecule has 0 saturated heterocycles.